The van der Waals surface area contributed by atoms with Crippen molar-refractivity contribution in [3.05, 3.63) is 29.3 Å². The molecule has 1 fully saturated rings. The number of methoxy groups -OCH3 is 1. The van der Waals surface area contributed by atoms with E-state index in [0.717, 1.165) is 37.8 Å². The van der Waals surface area contributed by atoms with Gasteiger partial charge in [0.25, 0.3) is 5.91 Å². The van der Waals surface area contributed by atoms with Crippen molar-refractivity contribution in [3.8, 4) is 5.75 Å². The number of benzene rings is 1. The highest BCUT2D eigenvalue weighted by Gasteiger charge is 2.19. The molecule has 1 N–H and O–H groups in total. The number of hydroxylamine groups is 1. The molecule has 0 unspecified atom stereocenters. The molecule has 1 amide bonds. The van der Waals surface area contributed by atoms with E-state index in [1.807, 2.05) is 0 Å². The average Bonchev–Trinajstić information content (AvgIpc) is 2.92. The van der Waals surface area contributed by atoms with Crippen LogP contribution in [-0.2, 0) is 4.84 Å². The van der Waals surface area contributed by atoms with E-state index in [2.05, 4.69) is 10.2 Å². The summed E-state index contributed by atoms with van der Waals surface area (Å²) in [4.78, 5) is 17.0. The number of rotatable bonds is 4. The highest BCUT2D eigenvalue weighted by molar-refractivity contribution is 5.93. The molecule has 104 valence electrons. The maximum atomic E-state index is 13.3. The van der Waals surface area contributed by atoms with Gasteiger partial charge in [-0.2, -0.15) is 4.39 Å². The quantitative estimate of drug-likeness (QED) is 0.856. The first kappa shape index (κ1) is 13.7. The Bertz CT molecular complexity index is 473. The topological polar surface area (TPSA) is 47.6 Å². The molecule has 1 aliphatic carbocycles. The molecule has 2 rings (SSSR count). The molecular weight excluding hydrogens is 256 g/mol. The number of carbonyl (C=O) groups excluding carboxylic acids is 1. The van der Waals surface area contributed by atoms with Crippen molar-refractivity contribution in [2.75, 3.05) is 7.11 Å². The lowest BCUT2D eigenvalue weighted by Crippen LogP contribution is -2.28. The van der Waals surface area contributed by atoms with E-state index in [9.17, 15) is 13.6 Å². The molecule has 1 aliphatic rings. The van der Waals surface area contributed by atoms with E-state index in [4.69, 9.17) is 4.84 Å². The average molecular weight is 271 g/mol. The van der Waals surface area contributed by atoms with E-state index >= 15 is 0 Å². The Morgan fingerprint density at radius 3 is 2.63 bits per heavy atom. The highest BCUT2D eigenvalue weighted by Crippen LogP contribution is 2.22. The summed E-state index contributed by atoms with van der Waals surface area (Å²) in [6.07, 6.45) is 3.91. The van der Waals surface area contributed by atoms with Crippen molar-refractivity contribution in [3.63, 3.8) is 0 Å². The van der Waals surface area contributed by atoms with Crippen LogP contribution in [0.1, 0.15) is 36.0 Å². The van der Waals surface area contributed by atoms with Crippen LogP contribution >= 0.6 is 0 Å². The van der Waals surface area contributed by atoms with E-state index in [1.165, 1.54) is 7.11 Å². The van der Waals surface area contributed by atoms with Crippen molar-refractivity contribution >= 4 is 5.91 Å². The molecule has 0 bridgehead atoms. The minimum atomic E-state index is -1.13. The lowest BCUT2D eigenvalue weighted by atomic mass is 10.2. The summed E-state index contributed by atoms with van der Waals surface area (Å²) in [7, 11) is 1.20. The number of halogens is 2. The summed E-state index contributed by atoms with van der Waals surface area (Å²) >= 11 is 0. The van der Waals surface area contributed by atoms with Crippen molar-refractivity contribution in [2.24, 2.45) is 0 Å². The van der Waals surface area contributed by atoms with Gasteiger partial charge in [-0.25, -0.2) is 9.87 Å². The monoisotopic (exact) mass is 271 g/mol. The van der Waals surface area contributed by atoms with Gasteiger partial charge >= 0.3 is 0 Å². The molecule has 19 heavy (non-hydrogen) atoms. The van der Waals surface area contributed by atoms with Gasteiger partial charge in [-0.3, -0.25) is 9.63 Å². The van der Waals surface area contributed by atoms with Crippen LogP contribution in [0.25, 0.3) is 0 Å². The van der Waals surface area contributed by atoms with Crippen LogP contribution < -0.4 is 10.2 Å². The van der Waals surface area contributed by atoms with Crippen LogP contribution in [0.4, 0.5) is 8.78 Å². The van der Waals surface area contributed by atoms with Gasteiger partial charge in [0.2, 0.25) is 5.82 Å². The zero-order valence-electron chi connectivity index (χ0n) is 10.5. The standard InChI is InChI=1S/C13H15F2NO3/c1-18-11-7-8(6-10(14)12(11)15)13(17)16-19-9-4-2-3-5-9/h6-7,9H,2-5H2,1H3,(H,16,17). The van der Waals surface area contributed by atoms with Crippen LogP contribution in [0.3, 0.4) is 0 Å². The second-order valence-electron chi connectivity index (χ2n) is 4.43. The SMILES string of the molecule is COc1cc(C(=O)NOC2CCCC2)cc(F)c1F. The Labute approximate surface area is 109 Å². The number of hydrogen-bond donors (Lipinski definition) is 1. The second kappa shape index (κ2) is 5.97. The van der Waals surface area contributed by atoms with Crippen LogP contribution in [0.2, 0.25) is 0 Å². The lowest BCUT2D eigenvalue weighted by Gasteiger charge is -2.12. The summed E-state index contributed by atoms with van der Waals surface area (Å²) in [5.74, 6) is -3.18. The summed E-state index contributed by atoms with van der Waals surface area (Å²) in [5, 5.41) is 0. The summed E-state index contributed by atoms with van der Waals surface area (Å²) in [6.45, 7) is 0. The third kappa shape index (κ3) is 3.20. The zero-order chi connectivity index (χ0) is 13.8. The minimum absolute atomic E-state index is 0.00357. The first-order chi connectivity index (χ1) is 9.11. The third-order valence-corrected chi connectivity index (χ3v) is 3.10. The molecule has 0 spiro atoms. The van der Waals surface area contributed by atoms with E-state index < -0.39 is 17.5 Å². The summed E-state index contributed by atoms with van der Waals surface area (Å²) in [6, 6.07) is 1.94. The van der Waals surface area contributed by atoms with E-state index in [-0.39, 0.29) is 17.4 Å². The predicted molar refractivity (Wildman–Crippen MR) is 63.7 cm³/mol. The fourth-order valence-corrected chi connectivity index (χ4v) is 2.05. The van der Waals surface area contributed by atoms with Crippen LogP contribution in [-0.4, -0.2) is 19.1 Å². The predicted octanol–water partition coefficient (Wildman–Crippen LogP) is 2.58. The van der Waals surface area contributed by atoms with Crippen LogP contribution in [0.5, 0.6) is 5.75 Å². The minimum Gasteiger partial charge on any atom is -0.494 e. The molecule has 4 nitrogen and oxygen atoms in total. The molecule has 0 radical (unpaired) electrons. The van der Waals surface area contributed by atoms with Crippen LogP contribution in [0, 0.1) is 11.6 Å². The fraction of sp³-hybridized carbons (Fsp3) is 0.462. The molecule has 1 saturated carbocycles. The summed E-state index contributed by atoms with van der Waals surface area (Å²) in [5.41, 5.74) is 2.21. The fourth-order valence-electron chi connectivity index (χ4n) is 2.05. The first-order valence-electron chi connectivity index (χ1n) is 6.11. The normalized spacial score (nSPS) is 15.5. The molecular formula is C13H15F2NO3. The number of hydrogen-bond acceptors (Lipinski definition) is 3. The van der Waals surface area contributed by atoms with Gasteiger partial charge in [0, 0.05) is 5.56 Å². The Kier molecular flexibility index (Phi) is 4.31. The molecule has 0 aliphatic heterocycles. The van der Waals surface area contributed by atoms with Gasteiger partial charge in [-0.1, -0.05) is 12.8 Å². The van der Waals surface area contributed by atoms with Gasteiger partial charge in [0.05, 0.1) is 13.2 Å². The first-order valence-corrected chi connectivity index (χ1v) is 6.11. The zero-order valence-corrected chi connectivity index (χ0v) is 10.5. The summed E-state index contributed by atoms with van der Waals surface area (Å²) < 4.78 is 31.1. The van der Waals surface area contributed by atoms with Gasteiger partial charge in [-0.15, -0.1) is 0 Å². The van der Waals surface area contributed by atoms with Gasteiger partial charge < -0.3 is 4.74 Å². The Morgan fingerprint density at radius 2 is 2.00 bits per heavy atom. The molecule has 1 aromatic carbocycles. The van der Waals surface area contributed by atoms with Gasteiger partial charge in [-0.05, 0) is 25.0 Å². The van der Waals surface area contributed by atoms with Crippen molar-refractivity contribution in [1.82, 2.24) is 5.48 Å². The molecule has 0 aromatic heterocycles. The Balaban J connectivity index is 2.03. The molecule has 1 aromatic rings. The van der Waals surface area contributed by atoms with E-state index in [0.29, 0.717) is 0 Å². The maximum Gasteiger partial charge on any atom is 0.275 e. The van der Waals surface area contributed by atoms with Crippen molar-refractivity contribution in [2.45, 2.75) is 31.8 Å². The Hall–Kier alpha value is -1.69. The third-order valence-electron chi connectivity index (χ3n) is 3.10. The van der Waals surface area contributed by atoms with E-state index in [1.54, 1.807) is 0 Å². The van der Waals surface area contributed by atoms with Crippen LogP contribution in [0.15, 0.2) is 12.1 Å². The number of amides is 1. The largest absolute Gasteiger partial charge is 0.494 e. The molecule has 0 atom stereocenters. The Morgan fingerprint density at radius 1 is 1.32 bits per heavy atom. The van der Waals surface area contributed by atoms with Crippen molar-refractivity contribution in [1.29, 1.82) is 0 Å². The highest BCUT2D eigenvalue weighted by atomic mass is 19.2. The maximum absolute atomic E-state index is 13.3. The lowest BCUT2D eigenvalue weighted by molar-refractivity contribution is -0.0125. The second-order valence-corrected chi connectivity index (χ2v) is 4.43. The van der Waals surface area contributed by atoms with Crippen molar-refractivity contribution < 1.29 is 23.1 Å². The molecule has 0 saturated heterocycles. The van der Waals surface area contributed by atoms with Gasteiger partial charge in [0.15, 0.2) is 11.6 Å². The molecule has 0 heterocycles. The van der Waals surface area contributed by atoms with Gasteiger partial charge in [0.1, 0.15) is 0 Å². The smallest absolute Gasteiger partial charge is 0.275 e. The number of carbonyl (C=O) groups is 1. The number of ether oxygens (including phenoxy) is 1. The number of nitrogens with one attached hydrogen (secondary N) is 1. The molecule has 6 heteroatoms.